The van der Waals surface area contributed by atoms with E-state index in [1.165, 1.54) is 30.3 Å². The van der Waals surface area contributed by atoms with Gasteiger partial charge in [-0.15, -0.1) is 11.3 Å². The van der Waals surface area contributed by atoms with Crippen LogP contribution in [0.1, 0.15) is 22.2 Å². The van der Waals surface area contributed by atoms with Gasteiger partial charge < -0.3 is 4.74 Å². The molecule has 0 spiro atoms. The van der Waals surface area contributed by atoms with Crippen molar-refractivity contribution in [2.24, 2.45) is 0 Å². The van der Waals surface area contributed by atoms with Gasteiger partial charge in [-0.2, -0.15) is 5.26 Å². The molecule has 1 heterocycles. The number of hydrogen-bond donors (Lipinski definition) is 0. The van der Waals surface area contributed by atoms with Gasteiger partial charge in [-0.05, 0) is 54.4 Å². The third-order valence-electron chi connectivity index (χ3n) is 3.73. The molecule has 0 radical (unpaired) electrons. The molecular weight excluding hydrogens is 392 g/mol. The van der Waals surface area contributed by atoms with E-state index in [1.807, 2.05) is 0 Å². The zero-order valence-electron chi connectivity index (χ0n) is 14.1. The van der Waals surface area contributed by atoms with E-state index in [0.29, 0.717) is 26.4 Å². The quantitative estimate of drug-likeness (QED) is 0.497. The van der Waals surface area contributed by atoms with Crippen LogP contribution in [0.25, 0.3) is 21.6 Å². The molecule has 136 valence electrons. The number of hydrogen-bond acceptors (Lipinski definition) is 4. The Hall–Kier alpha value is -2.75. The van der Waals surface area contributed by atoms with Crippen LogP contribution in [0.2, 0.25) is 5.02 Å². The molecule has 3 aromatic rings. The minimum atomic E-state index is -0.641. The molecule has 0 aliphatic heterocycles. The Bertz CT molecular complexity index is 1050. The number of nitriles is 1. The Morgan fingerprint density at radius 2 is 1.96 bits per heavy atom. The largest absolute Gasteiger partial charge is 0.462 e. The lowest BCUT2D eigenvalue weighted by atomic mass is 10.0. The molecule has 0 saturated carbocycles. The van der Waals surface area contributed by atoms with Crippen LogP contribution in [0.3, 0.4) is 0 Å². The number of benzene rings is 2. The lowest BCUT2D eigenvalue weighted by Gasteiger charge is -2.06. The summed E-state index contributed by atoms with van der Waals surface area (Å²) in [4.78, 5) is 13.0. The van der Waals surface area contributed by atoms with Crippen molar-refractivity contribution in [2.45, 2.75) is 6.92 Å². The lowest BCUT2D eigenvalue weighted by molar-refractivity contribution is 0.0532. The standard InChI is InChI=1S/C20H12ClF2NO2S/c1-2-26-20(25)18-9-16(11-3-4-17(23)13(5-11)10-24)19(27-18)12-6-14(21)8-15(22)7-12/h3-9H,2H2,1H3. The van der Waals surface area contributed by atoms with E-state index in [4.69, 9.17) is 21.6 Å². The number of esters is 1. The predicted molar refractivity (Wildman–Crippen MR) is 101 cm³/mol. The van der Waals surface area contributed by atoms with Gasteiger partial charge in [0.15, 0.2) is 0 Å². The second-order valence-corrected chi connectivity index (χ2v) is 7.03. The van der Waals surface area contributed by atoms with Crippen molar-refractivity contribution in [1.29, 1.82) is 5.26 Å². The zero-order valence-corrected chi connectivity index (χ0v) is 15.6. The van der Waals surface area contributed by atoms with Crippen LogP contribution in [0.4, 0.5) is 8.78 Å². The average Bonchev–Trinajstić information content (AvgIpc) is 3.07. The summed E-state index contributed by atoms with van der Waals surface area (Å²) in [6, 6.07) is 11.5. The Morgan fingerprint density at radius 3 is 2.63 bits per heavy atom. The number of carbonyl (C=O) groups excluding carboxylic acids is 1. The first kappa shape index (κ1) is 19.0. The fraction of sp³-hybridized carbons (Fsp3) is 0.100. The molecule has 27 heavy (non-hydrogen) atoms. The summed E-state index contributed by atoms with van der Waals surface area (Å²) in [7, 11) is 0. The first-order valence-electron chi connectivity index (χ1n) is 7.90. The molecule has 7 heteroatoms. The number of carbonyl (C=O) groups is 1. The summed E-state index contributed by atoms with van der Waals surface area (Å²) >= 11 is 7.08. The van der Waals surface area contributed by atoms with Crippen LogP contribution >= 0.6 is 22.9 Å². The van der Waals surface area contributed by atoms with Crippen molar-refractivity contribution in [1.82, 2.24) is 0 Å². The lowest BCUT2D eigenvalue weighted by Crippen LogP contribution is -2.01. The molecule has 0 saturated heterocycles. The summed E-state index contributed by atoms with van der Waals surface area (Å²) in [5.74, 6) is -1.68. The van der Waals surface area contributed by atoms with Gasteiger partial charge in [-0.3, -0.25) is 0 Å². The highest BCUT2D eigenvalue weighted by atomic mass is 35.5. The van der Waals surface area contributed by atoms with Gasteiger partial charge in [-0.1, -0.05) is 17.7 Å². The van der Waals surface area contributed by atoms with Gasteiger partial charge in [0, 0.05) is 15.5 Å². The fourth-order valence-electron chi connectivity index (χ4n) is 2.59. The highest BCUT2D eigenvalue weighted by molar-refractivity contribution is 7.18. The molecule has 0 atom stereocenters. The first-order chi connectivity index (χ1) is 12.9. The van der Waals surface area contributed by atoms with Crippen molar-refractivity contribution in [3.8, 4) is 27.6 Å². The van der Waals surface area contributed by atoms with Gasteiger partial charge in [0.05, 0.1) is 12.2 Å². The van der Waals surface area contributed by atoms with E-state index in [1.54, 1.807) is 25.1 Å². The summed E-state index contributed by atoms with van der Waals surface area (Å²) in [6.45, 7) is 1.90. The summed E-state index contributed by atoms with van der Waals surface area (Å²) in [5, 5.41) is 9.29. The fourth-order valence-corrected chi connectivity index (χ4v) is 3.87. The Labute approximate surface area is 163 Å². The molecular formula is C20H12ClF2NO2S. The third-order valence-corrected chi connectivity index (χ3v) is 5.11. The van der Waals surface area contributed by atoms with Crippen LogP contribution in [0, 0.1) is 23.0 Å². The van der Waals surface area contributed by atoms with Crippen LogP contribution < -0.4 is 0 Å². The molecule has 0 bridgehead atoms. The minimum Gasteiger partial charge on any atom is -0.462 e. The molecule has 0 fully saturated rings. The van der Waals surface area contributed by atoms with Crippen molar-refractivity contribution in [3.05, 3.63) is 69.6 Å². The smallest absolute Gasteiger partial charge is 0.348 e. The highest BCUT2D eigenvalue weighted by Crippen LogP contribution is 2.41. The molecule has 0 aliphatic carbocycles. The number of thiophene rings is 1. The zero-order chi connectivity index (χ0) is 19.6. The highest BCUT2D eigenvalue weighted by Gasteiger charge is 2.19. The molecule has 3 rings (SSSR count). The maximum atomic E-state index is 13.8. The molecule has 0 unspecified atom stereocenters. The van der Waals surface area contributed by atoms with Gasteiger partial charge in [0.1, 0.15) is 22.6 Å². The van der Waals surface area contributed by atoms with Crippen LogP contribution in [-0.4, -0.2) is 12.6 Å². The second-order valence-electron chi connectivity index (χ2n) is 5.54. The van der Waals surface area contributed by atoms with E-state index in [2.05, 4.69) is 0 Å². The third kappa shape index (κ3) is 4.00. The molecule has 1 aromatic heterocycles. The monoisotopic (exact) mass is 403 g/mol. The second kappa shape index (κ2) is 7.87. The molecule has 0 amide bonds. The summed E-state index contributed by atoms with van der Waals surface area (Å²) in [5.41, 5.74) is 1.43. The number of nitrogens with zero attached hydrogens (tertiary/aromatic N) is 1. The van der Waals surface area contributed by atoms with Crippen LogP contribution in [0.15, 0.2) is 42.5 Å². The number of rotatable bonds is 4. The van der Waals surface area contributed by atoms with Gasteiger partial charge >= 0.3 is 5.97 Å². The Kier molecular flexibility index (Phi) is 5.54. The van der Waals surface area contributed by atoms with Crippen molar-refractivity contribution < 1.29 is 18.3 Å². The minimum absolute atomic E-state index is 0.125. The molecule has 3 nitrogen and oxygen atoms in total. The number of ether oxygens (including phenoxy) is 1. The van der Waals surface area contributed by atoms with E-state index in [-0.39, 0.29) is 17.2 Å². The summed E-state index contributed by atoms with van der Waals surface area (Å²) in [6.07, 6.45) is 0. The predicted octanol–water partition coefficient (Wildman–Crippen LogP) is 6.06. The van der Waals surface area contributed by atoms with Gasteiger partial charge in [0.25, 0.3) is 0 Å². The Balaban J connectivity index is 2.22. The first-order valence-corrected chi connectivity index (χ1v) is 9.09. The molecule has 0 aliphatic rings. The van der Waals surface area contributed by atoms with Crippen molar-refractivity contribution >= 4 is 28.9 Å². The van der Waals surface area contributed by atoms with Crippen LogP contribution in [0.5, 0.6) is 0 Å². The van der Waals surface area contributed by atoms with E-state index in [9.17, 15) is 13.6 Å². The molecule has 2 aromatic carbocycles. The topological polar surface area (TPSA) is 50.1 Å². The van der Waals surface area contributed by atoms with E-state index < -0.39 is 17.6 Å². The van der Waals surface area contributed by atoms with Crippen LogP contribution in [-0.2, 0) is 4.74 Å². The van der Waals surface area contributed by atoms with E-state index in [0.717, 1.165) is 11.3 Å². The van der Waals surface area contributed by atoms with Crippen molar-refractivity contribution in [2.75, 3.05) is 6.61 Å². The average molecular weight is 404 g/mol. The Morgan fingerprint density at radius 1 is 1.19 bits per heavy atom. The maximum Gasteiger partial charge on any atom is 0.348 e. The maximum absolute atomic E-state index is 13.8. The van der Waals surface area contributed by atoms with Gasteiger partial charge in [-0.25, -0.2) is 13.6 Å². The van der Waals surface area contributed by atoms with E-state index >= 15 is 0 Å². The normalized spacial score (nSPS) is 10.5. The SMILES string of the molecule is CCOC(=O)c1cc(-c2ccc(F)c(C#N)c2)c(-c2cc(F)cc(Cl)c2)s1. The number of halogens is 3. The van der Waals surface area contributed by atoms with Crippen molar-refractivity contribution in [3.63, 3.8) is 0 Å². The van der Waals surface area contributed by atoms with Gasteiger partial charge in [0.2, 0.25) is 0 Å². The summed E-state index contributed by atoms with van der Waals surface area (Å²) < 4.78 is 32.6. The molecule has 0 N–H and O–H groups in total.